The van der Waals surface area contributed by atoms with Gasteiger partial charge in [-0.3, -0.25) is 0 Å². The van der Waals surface area contributed by atoms with Gasteiger partial charge in [0.15, 0.2) is 0 Å². The number of hydrogen-bond acceptors (Lipinski definition) is 4. The predicted molar refractivity (Wildman–Crippen MR) is 200 cm³/mol. The molecule has 0 spiro atoms. The molecule has 0 saturated heterocycles. The lowest BCUT2D eigenvalue weighted by molar-refractivity contribution is 0.0727. The van der Waals surface area contributed by atoms with Crippen LogP contribution in [0.5, 0.6) is 11.5 Å². The van der Waals surface area contributed by atoms with Gasteiger partial charge >= 0.3 is 11.9 Å². The van der Waals surface area contributed by atoms with Crippen molar-refractivity contribution in [2.24, 2.45) is 0 Å². The van der Waals surface area contributed by atoms with Crippen molar-refractivity contribution < 1.29 is 19.1 Å². The number of esters is 2. The Kier molecular flexibility index (Phi) is 7.35. The first kappa shape index (κ1) is 29.8. The van der Waals surface area contributed by atoms with E-state index in [1.54, 1.807) is 0 Å². The minimum Gasteiger partial charge on any atom is -0.422 e. The van der Waals surface area contributed by atoms with E-state index in [0.29, 0.717) is 34.5 Å². The zero-order valence-electron chi connectivity index (χ0n) is 27.2. The molecule has 9 rings (SSSR count). The Balaban J connectivity index is 0.896. The lowest BCUT2D eigenvalue weighted by atomic mass is 9.67. The molecular formula is C46H32O4. The van der Waals surface area contributed by atoms with Crippen LogP contribution < -0.4 is 9.47 Å². The summed E-state index contributed by atoms with van der Waals surface area (Å²) in [6.07, 6.45) is 2.13. The summed E-state index contributed by atoms with van der Waals surface area (Å²) in [6, 6.07) is 51.9. The summed E-state index contributed by atoms with van der Waals surface area (Å²) in [5.41, 5.74) is 3.43. The van der Waals surface area contributed by atoms with E-state index in [4.69, 9.17) is 9.47 Å². The van der Waals surface area contributed by atoms with Gasteiger partial charge in [0.1, 0.15) is 11.5 Å². The van der Waals surface area contributed by atoms with E-state index in [2.05, 4.69) is 24.3 Å². The molecule has 8 aromatic rings. The van der Waals surface area contributed by atoms with E-state index in [0.717, 1.165) is 55.9 Å². The van der Waals surface area contributed by atoms with Crippen LogP contribution in [0.15, 0.2) is 158 Å². The SMILES string of the molecule is O=C(Oc1cc2ccccc2c2ccccc12)c1ccc([C@H]2CC[C@H]2c2ccc(C(=O)Oc3cc4ccccc4c4ccccc34)cc2)cc1. The van der Waals surface area contributed by atoms with Crippen LogP contribution in [0.4, 0.5) is 0 Å². The van der Waals surface area contributed by atoms with Crippen LogP contribution in [0.1, 0.15) is 56.5 Å². The summed E-state index contributed by atoms with van der Waals surface area (Å²) in [5, 5.41) is 8.27. The van der Waals surface area contributed by atoms with Crippen LogP contribution in [0.25, 0.3) is 43.1 Å². The van der Waals surface area contributed by atoms with Crippen LogP contribution in [0.2, 0.25) is 0 Å². The van der Waals surface area contributed by atoms with E-state index in [-0.39, 0.29) is 11.9 Å². The fourth-order valence-electron chi connectivity index (χ4n) is 7.56. The Labute approximate surface area is 289 Å². The molecule has 0 aromatic heterocycles. The molecule has 0 heterocycles. The lowest BCUT2D eigenvalue weighted by Gasteiger charge is -2.37. The maximum Gasteiger partial charge on any atom is 0.343 e. The third-order valence-electron chi connectivity index (χ3n) is 10.3. The number of fused-ring (bicyclic) bond motifs is 6. The lowest BCUT2D eigenvalue weighted by Crippen LogP contribution is -2.22. The van der Waals surface area contributed by atoms with Crippen molar-refractivity contribution in [2.75, 3.05) is 0 Å². The maximum atomic E-state index is 13.3. The van der Waals surface area contributed by atoms with Gasteiger partial charge in [0.25, 0.3) is 0 Å². The molecule has 0 bridgehead atoms. The van der Waals surface area contributed by atoms with Crippen LogP contribution in [0.3, 0.4) is 0 Å². The minimum atomic E-state index is -0.374. The highest BCUT2D eigenvalue weighted by atomic mass is 16.5. The van der Waals surface area contributed by atoms with Crippen LogP contribution >= 0.6 is 0 Å². The standard InChI is InChI=1S/C46H32O4/c47-45(49-43-27-33-9-1-3-11-35(33)39-13-5-7-15-41(39)43)31-21-17-29(18-22-31)37-25-26-38(37)30-19-23-32(24-20-30)46(48)50-44-28-34-10-2-4-12-36(34)40-14-6-8-16-42(40)44/h1-24,27-28,37-38H,25-26H2/t37-,38+. The van der Waals surface area contributed by atoms with Crippen LogP contribution in [0, 0.1) is 0 Å². The first-order chi connectivity index (χ1) is 24.6. The highest BCUT2D eigenvalue weighted by Crippen LogP contribution is 2.49. The first-order valence-corrected chi connectivity index (χ1v) is 17.1. The zero-order chi connectivity index (χ0) is 33.6. The van der Waals surface area contributed by atoms with E-state index in [1.165, 1.54) is 11.1 Å². The van der Waals surface area contributed by atoms with Crippen molar-refractivity contribution in [2.45, 2.75) is 24.7 Å². The van der Waals surface area contributed by atoms with Gasteiger partial charge in [0, 0.05) is 10.8 Å². The van der Waals surface area contributed by atoms with E-state index >= 15 is 0 Å². The Morgan fingerprint density at radius 1 is 0.400 bits per heavy atom. The fraction of sp³-hybridized carbons (Fsp3) is 0.0870. The number of ether oxygens (including phenoxy) is 2. The van der Waals surface area contributed by atoms with Gasteiger partial charge in [-0.25, -0.2) is 9.59 Å². The van der Waals surface area contributed by atoms with Gasteiger partial charge in [0.2, 0.25) is 0 Å². The monoisotopic (exact) mass is 648 g/mol. The molecule has 2 atom stereocenters. The minimum absolute atomic E-state index is 0.339. The fourth-order valence-corrected chi connectivity index (χ4v) is 7.56. The first-order valence-electron chi connectivity index (χ1n) is 17.1. The normalized spacial score (nSPS) is 15.6. The topological polar surface area (TPSA) is 52.6 Å². The molecule has 1 saturated carbocycles. The van der Waals surface area contributed by atoms with Crippen molar-refractivity contribution in [1.29, 1.82) is 0 Å². The highest BCUT2D eigenvalue weighted by Gasteiger charge is 2.33. The third-order valence-corrected chi connectivity index (χ3v) is 10.3. The summed E-state index contributed by atoms with van der Waals surface area (Å²) in [6.45, 7) is 0. The van der Waals surface area contributed by atoms with Gasteiger partial charge in [-0.15, -0.1) is 0 Å². The van der Waals surface area contributed by atoms with Crippen molar-refractivity contribution >= 4 is 55.0 Å². The van der Waals surface area contributed by atoms with Crippen molar-refractivity contribution in [3.05, 3.63) is 180 Å². The second-order valence-electron chi connectivity index (χ2n) is 13.1. The molecule has 8 aromatic carbocycles. The average molecular weight is 649 g/mol. The second kappa shape index (κ2) is 12.3. The molecule has 0 amide bonds. The number of hydrogen-bond donors (Lipinski definition) is 0. The van der Waals surface area contributed by atoms with Crippen LogP contribution in [-0.2, 0) is 0 Å². The average Bonchev–Trinajstić information content (AvgIpc) is 3.15. The van der Waals surface area contributed by atoms with Gasteiger partial charge in [-0.1, -0.05) is 121 Å². The molecule has 0 aliphatic heterocycles. The highest BCUT2D eigenvalue weighted by molar-refractivity contribution is 6.12. The molecule has 4 nitrogen and oxygen atoms in total. The molecule has 1 fully saturated rings. The quantitative estimate of drug-likeness (QED) is 0.102. The summed E-state index contributed by atoms with van der Waals surface area (Å²) >= 11 is 0. The summed E-state index contributed by atoms with van der Waals surface area (Å²) < 4.78 is 12.0. The molecule has 1 aliphatic carbocycles. The zero-order valence-corrected chi connectivity index (χ0v) is 27.2. The summed E-state index contributed by atoms with van der Waals surface area (Å²) in [4.78, 5) is 26.6. The molecule has 0 radical (unpaired) electrons. The molecule has 0 unspecified atom stereocenters. The van der Waals surface area contributed by atoms with E-state index < -0.39 is 0 Å². The van der Waals surface area contributed by atoms with Gasteiger partial charge in [-0.2, -0.15) is 0 Å². The largest absolute Gasteiger partial charge is 0.422 e. The Hall–Kier alpha value is -6.26. The predicted octanol–water partition coefficient (Wildman–Crippen LogP) is 11.4. The molecule has 240 valence electrons. The Morgan fingerprint density at radius 2 is 0.740 bits per heavy atom. The molecule has 4 heteroatoms. The molecular weight excluding hydrogens is 617 g/mol. The number of carbonyl (C=O) groups is 2. The Bertz CT molecular complexity index is 2400. The summed E-state index contributed by atoms with van der Waals surface area (Å²) in [5.74, 6) is 1.05. The van der Waals surface area contributed by atoms with Gasteiger partial charge in [-0.05, 0) is 105 Å². The third kappa shape index (κ3) is 5.26. The number of rotatable bonds is 6. The molecule has 0 N–H and O–H groups in total. The number of benzene rings is 8. The van der Waals surface area contributed by atoms with Crippen LogP contribution in [-0.4, -0.2) is 11.9 Å². The molecule has 50 heavy (non-hydrogen) atoms. The van der Waals surface area contributed by atoms with E-state index in [9.17, 15) is 9.59 Å². The van der Waals surface area contributed by atoms with Crippen molar-refractivity contribution in [3.63, 3.8) is 0 Å². The summed E-state index contributed by atoms with van der Waals surface area (Å²) in [7, 11) is 0. The van der Waals surface area contributed by atoms with Crippen molar-refractivity contribution in [1.82, 2.24) is 0 Å². The Morgan fingerprint density at radius 3 is 1.12 bits per heavy atom. The van der Waals surface area contributed by atoms with E-state index in [1.807, 2.05) is 133 Å². The maximum absolute atomic E-state index is 13.3. The van der Waals surface area contributed by atoms with Gasteiger partial charge in [0.05, 0.1) is 11.1 Å². The van der Waals surface area contributed by atoms with Gasteiger partial charge < -0.3 is 9.47 Å². The number of carbonyl (C=O) groups excluding carboxylic acids is 2. The van der Waals surface area contributed by atoms with Crippen molar-refractivity contribution in [3.8, 4) is 11.5 Å². The smallest absolute Gasteiger partial charge is 0.343 e. The molecule has 1 aliphatic rings. The second-order valence-corrected chi connectivity index (χ2v) is 13.1.